The van der Waals surface area contributed by atoms with Gasteiger partial charge in [-0.2, -0.15) is 0 Å². The van der Waals surface area contributed by atoms with Crippen LogP contribution in [0.4, 0.5) is 11.5 Å². The number of nitrogens with zero attached hydrogens (tertiary/aromatic N) is 2. The molecule has 1 aromatic carbocycles. The zero-order chi connectivity index (χ0) is 20.0. The third-order valence-electron chi connectivity index (χ3n) is 4.82. The fourth-order valence-corrected chi connectivity index (χ4v) is 4.42. The molecule has 150 valence electrons. The highest BCUT2D eigenvalue weighted by Gasteiger charge is 2.17. The molecule has 0 spiro atoms. The number of benzene rings is 1. The minimum absolute atomic E-state index is 0.0456. The number of nitrogens with one attached hydrogen (secondary N) is 2. The van der Waals surface area contributed by atoms with Gasteiger partial charge < -0.3 is 5.32 Å². The molecule has 1 amide bonds. The number of halogens is 1. The summed E-state index contributed by atoms with van der Waals surface area (Å²) >= 11 is 5.64. The van der Waals surface area contributed by atoms with Gasteiger partial charge in [-0.1, -0.05) is 43.7 Å². The highest BCUT2D eigenvalue weighted by molar-refractivity contribution is 7.92. The van der Waals surface area contributed by atoms with Crippen molar-refractivity contribution in [1.82, 2.24) is 10.2 Å². The van der Waals surface area contributed by atoms with E-state index in [9.17, 15) is 13.2 Å². The van der Waals surface area contributed by atoms with E-state index in [0.29, 0.717) is 18.0 Å². The van der Waals surface area contributed by atoms with E-state index >= 15 is 0 Å². The van der Waals surface area contributed by atoms with Crippen LogP contribution in [-0.2, 0) is 14.8 Å². The van der Waals surface area contributed by atoms with Crippen LogP contribution in [0, 0.1) is 5.92 Å². The standard InChI is InChI=1S/C19H23ClN4O3S/c20-17-11-12-18(23-22-17)24-28(26,27)16-9-7-15(8-10-16)21-19(25)13-6-14-4-2-1-3-5-14/h7-12,14H,1-6,13H2,(H,21,25)(H,23,24). The lowest BCUT2D eigenvalue weighted by Crippen LogP contribution is -2.16. The van der Waals surface area contributed by atoms with Crippen LogP contribution >= 0.6 is 11.6 Å². The van der Waals surface area contributed by atoms with E-state index < -0.39 is 10.0 Å². The van der Waals surface area contributed by atoms with Gasteiger partial charge in [0.2, 0.25) is 5.91 Å². The first-order chi connectivity index (χ1) is 13.4. The molecule has 1 fully saturated rings. The SMILES string of the molecule is O=C(CCC1CCCCC1)Nc1ccc(S(=O)(=O)Nc2ccc(Cl)nn2)cc1. The summed E-state index contributed by atoms with van der Waals surface area (Å²) in [5, 5.41) is 10.3. The normalized spacial score (nSPS) is 15.2. The third-order valence-corrected chi connectivity index (χ3v) is 6.40. The Balaban J connectivity index is 1.54. The fourth-order valence-electron chi connectivity index (χ4n) is 3.32. The lowest BCUT2D eigenvalue weighted by atomic mass is 9.86. The van der Waals surface area contributed by atoms with E-state index in [-0.39, 0.29) is 21.8 Å². The molecule has 1 aromatic heterocycles. The summed E-state index contributed by atoms with van der Waals surface area (Å²) in [5.74, 6) is 0.675. The van der Waals surface area contributed by atoms with Crippen LogP contribution in [0.25, 0.3) is 0 Å². The van der Waals surface area contributed by atoms with Crippen molar-refractivity contribution in [3.05, 3.63) is 41.6 Å². The van der Waals surface area contributed by atoms with Crippen molar-refractivity contribution in [2.24, 2.45) is 5.92 Å². The lowest BCUT2D eigenvalue weighted by molar-refractivity contribution is -0.116. The Morgan fingerprint density at radius 3 is 2.39 bits per heavy atom. The largest absolute Gasteiger partial charge is 0.326 e. The quantitative estimate of drug-likeness (QED) is 0.695. The van der Waals surface area contributed by atoms with Gasteiger partial charge in [0.15, 0.2) is 11.0 Å². The smallest absolute Gasteiger partial charge is 0.263 e. The number of carbonyl (C=O) groups is 1. The molecule has 0 atom stereocenters. The van der Waals surface area contributed by atoms with Crippen molar-refractivity contribution >= 4 is 39.0 Å². The molecule has 0 aliphatic heterocycles. The van der Waals surface area contributed by atoms with Gasteiger partial charge in [-0.05, 0) is 48.7 Å². The van der Waals surface area contributed by atoms with Crippen molar-refractivity contribution in [2.75, 3.05) is 10.0 Å². The molecule has 3 rings (SSSR count). The van der Waals surface area contributed by atoms with E-state index in [4.69, 9.17) is 11.6 Å². The van der Waals surface area contributed by atoms with Gasteiger partial charge in [-0.3, -0.25) is 9.52 Å². The van der Waals surface area contributed by atoms with Crippen molar-refractivity contribution < 1.29 is 13.2 Å². The molecular formula is C19H23ClN4O3S. The molecule has 9 heteroatoms. The Labute approximate surface area is 170 Å². The molecule has 0 bridgehead atoms. The zero-order valence-corrected chi connectivity index (χ0v) is 17.0. The number of aromatic nitrogens is 2. The Bertz CT molecular complexity index is 896. The molecule has 1 saturated carbocycles. The summed E-state index contributed by atoms with van der Waals surface area (Å²) in [4.78, 5) is 12.2. The number of amides is 1. The molecular weight excluding hydrogens is 400 g/mol. The first-order valence-electron chi connectivity index (χ1n) is 9.34. The van der Waals surface area contributed by atoms with Crippen LogP contribution in [0.2, 0.25) is 5.15 Å². The molecule has 1 aliphatic carbocycles. The predicted octanol–water partition coefficient (Wildman–Crippen LogP) is 4.23. The van der Waals surface area contributed by atoms with Crippen molar-refractivity contribution in [2.45, 2.75) is 49.8 Å². The number of rotatable bonds is 7. The van der Waals surface area contributed by atoms with Crippen molar-refractivity contribution in [3.8, 4) is 0 Å². The number of anilines is 2. The molecule has 7 nitrogen and oxygen atoms in total. The van der Waals surface area contributed by atoms with Crippen LogP contribution in [-0.4, -0.2) is 24.5 Å². The second-order valence-corrected chi connectivity index (χ2v) is 9.03. The highest BCUT2D eigenvalue weighted by atomic mass is 35.5. The predicted molar refractivity (Wildman–Crippen MR) is 109 cm³/mol. The number of hydrogen-bond acceptors (Lipinski definition) is 5. The maximum Gasteiger partial charge on any atom is 0.263 e. The first-order valence-corrected chi connectivity index (χ1v) is 11.2. The average Bonchev–Trinajstić information content (AvgIpc) is 2.69. The molecule has 1 heterocycles. The van der Waals surface area contributed by atoms with E-state index in [0.717, 1.165) is 6.42 Å². The zero-order valence-electron chi connectivity index (χ0n) is 15.4. The van der Waals surface area contributed by atoms with Gasteiger partial charge in [0.05, 0.1) is 4.90 Å². The molecule has 2 N–H and O–H groups in total. The monoisotopic (exact) mass is 422 g/mol. The summed E-state index contributed by atoms with van der Waals surface area (Å²) in [6.07, 6.45) is 7.65. The molecule has 0 radical (unpaired) electrons. The first kappa shape index (κ1) is 20.5. The topological polar surface area (TPSA) is 101 Å². The Hall–Kier alpha value is -2.19. The van der Waals surface area contributed by atoms with Gasteiger partial charge in [0.1, 0.15) is 0 Å². The Morgan fingerprint density at radius 1 is 1.04 bits per heavy atom. The second kappa shape index (κ2) is 9.34. The van der Waals surface area contributed by atoms with E-state index in [1.807, 2.05) is 0 Å². The van der Waals surface area contributed by atoms with Gasteiger partial charge >= 0.3 is 0 Å². The molecule has 1 aliphatic rings. The summed E-state index contributed by atoms with van der Waals surface area (Å²) in [5.41, 5.74) is 0.568. The summed E-state index contributed by atoms with van der Waals surface area (Å²) in [6, 6.07) is 8.87. The lowest BCUT2D eigenvalue weighted by Gasteiger charge is -2.21. The Kier molecular flexibility index (Phi) is 6.85. The van der Waals surface area contributed by atoms with E-state index in [1.54, 1.807) is 12.1 Å². The summed E-state index contributed by atoms with van der Waals surface area (Å²) in [7, 11) is -3.80. The third kappa shape index (κ3) is 5.90. The van der Waals surface area contributed by atoms with Crippen molar-refractivity contribution in [3.63, 3.8) is 0 Å². The van der Waals surface area contributed by atoms with Crippen molar-refractivity contribution in [1.29, 1.82) is 0 Å². The fraction of sp³-hybridized carbons (Fsp3) is 0.421. The average molecular weight is 423 g/mol. The van der Waals surface area contributed by atoms with Crippen LogP contribution in [0.3, 0.4) is 0 Å². The Morgan fingerprint density at radius 2 is 1.75 bits per heavy atom. The minimum atomic E-state index is -3.80. The van der Waals surface area contributed by atoms with Crippen LogP contribution in [0.5, 0.6) is 0 Å². The number of sulfonamides is 1. The van der Waals surface area contributed by atoms with E-state index in [2.05, 4.69) is 20.2 Å². The molecule has 0 unspecified atom stereocenters. The van der Waals surface area contributed by atoms with Gasteiger partial charge in [0, 0.05) is 12.1 Å². The summed E-state index contributed by atoms with van der Waals surface area (Å²) < 4.78 is 27.1. The van der Waals surface area contributed by atoms with E-state index in [1.165, 1.54) is 56.4 Å². The maximum absolute atomic E-state index is 12.4. The van der Waals surface area contributed by atoms with Gasteiger partial charge in [-0.15, -0.1) is 10.2 Å². The molecule has 2 aromatic rings. The highest BCUT2D eigenvalue weighted by Crippen LogP contribution is 2.27. The van der Waals surface area contributed by atoms with Crippen LogP contribution in [0.15, 0.2) is 41.3 Å². The number of carbonyl (C=O) groups excluding carboxylic acids is 1. The molecule has 0 saturated heterocycles. The number of hydrogen-bond donors (Lipinski definition) is 2. The van der Waals surface area contributed by atoms with Gasteiger partial charge in [0.25, 0.3) is 10.0 Å². The van der Waals surface area contributed by atoms with Crippen LogP contribution < -0.4 is 10.0 Å². The maximum atomic E-state index is 12.4. The molecule has 28 heavy (non-hydrogen) atoms. The second-order valence-electron chi connectivity index (χ2n) is 6.96. The minimum Gasteiger partial charge on any atom is -0.326 e. The van der Waals surface area contributed by atoms with Gasteiger partial charge in [-0.25, -0.2) is 8.42 Å². The summed E-state index contributed by atoms with van der Waals surface area (Å²) in [6.45, 7) is 0. The van der Waals surface area contributed by atoms with Crippen LogP contribution in [0.1, 0.15) is 44.9 Å².